The van der Waals surface area contributed by atoms with Gasteiger partial charge >= 0.3 is 12.4 Å². The Balaban J connectivity index is 0. The molecule has 2 nitrogen and oxygen atoms in total. The average molecular weight is 368 g/mol. The maximum atomic E-state index is 11.5. The summed E-state index contributed by atoms with van der Waals surface area (Å²) in [7, 11) is 0. The van der Waals surface area contributed by atoms with Gasteiger partial charge in [0, 0.05) is 0 Å². The predicted octanol–water partition coefficient (Wildman–Crippen LogP) is 2.60. The topological polar surface area (TPSA) is 24.4 Å². The lowest BCUT2D eigenvalue weighted by molar-refractivity contribution is -0.121. The molecule has 0 heterocycles. The number of halogens is 7. The second-order valence-electron chi connectivity index (χ2n) is 2.22. The lowest BCUT2D eigenvalue weighted by Gasteiger charge is -2.08. The summed E-state index contributed by atoms with van der Waals surface area (Å²) < 4.78 is 69.0. The Labute approximate surface area is 104 Å². The van der Waals surface area contributed by atoms with Gasteiger partial charge in [0.2, 0.25) is 0 Å². The highest BCUT2D eigenvalue weighted by Crippen LogP contribution is 2.15. The first-order valence-corrected chi connectivity index (χ1v) is 3.66. The Morgan fingerprint density at radius 2 is 1.53 bits per heavy atom. The second kappa shape index (κ2) is 6.66. The lowest BCUT2D eigenvalue weighted by Crippen LogP contribution is -2.31. The zero-order chi connectivity index (χ0) is 11.4. The molecule has 0 amide bonds. The molecular formula is C5H7F6IN2S. The van der Waals surface area contributed by atoms with Gasteiger partial charge in [-0.15, -0.1) is 36.6 Å². The molecule has 0 aliphatic rings. The molecule has 1 N–H and O–H groups in total. The molecule has 0 unspecified atom stereocenters. The Kier molecular flexibility index (Phi) is 7.78. The van der Waals surface area contributed by atoms with Crippen LogP contribution in [0.15, 0.2) is 4.99 Å². The fraction of sp³-hybridized carbons (Fsp3) is 0.800. The molecule has 0 bridgehead atoms. The molecule has 0 spiro atoms. The molecule has 0 saturated carbocycles. The van der Waals surface area contributed by atoms with E-state index >= 15 is 0 Å². The van der Waals surface area contributed by atoms with Gasteiger partial charge in [-0.25, -0.2) is 0 Å². The van der Waals surface area contributed by atoms with Gasteiger partial charge in [0.25, 0.3) is 0 Å². The fourth-order valence-electron chi connectivity index (χ4n) is 0.400. The molecule has 92 valence electrons. The first-order valence-electron chi connectivity index (χ1n) is 3.21. The highest BCUT2D eigenvalue weighted by Gasteiger charge is 2.28. The standard InChI is InChI=1S/C5H6F6N2S.HI/c6-4(7,8)1-12-3(14)13-2-5(9,10)11;/h1-2H2,(H2,12,13,14);1H. The third-order valence-corrected chi connectivity index (χ3v) is 1.15. The van der Waals surface area contributed by atoms with Crippen molar-refractivity contribution >= 4 is 41.8 Å². The quantitative estimate of drug-likeness (QED) is 0.253. The first kappa shape index (κ1) is 17.5. The summed E-state index contributed by atoms with van der Waals surface area (Å²) in [4.78, 5) is 2.74. The minimum absolute atomic E-state index is 0. The Morgan fingerprint density at radius 1 is 1.07 bits per heavy atom. The largest absolute Gasteiger partial charge is 0.408 e. The van der Waals surface area contributed by atoms with Crippen LogP contribution in [-0.2, 0) is 0 Å². The van der Waals surface area contributed by atoms with Gasteiger partial charge in [-0.1, -0.05) is 0 Å². The Hall–Kier alpha value is 0.130. The van der Waals surface area contributed by atoms with Gasteiger partial charge in [-0.3, -0.25) is 4.99 Å². The SMILES string of the molecule is FC(F)(F)CN=C(S)NCC(F)(F)F.I. The van der Waals surface area contributed by atoms with E-state index in [0.29, 0.717) is 0 Å². The molecule has 0 aliphatic carbocycles. The highest BCUT2D eigenvalue weighted by atomic mass is 127. The molecule has 15 heavy (non-hydrogen) atoms. The van der Waals surface area contributed by atoms with Crippen LogP contribution in [0.4, 0.5) is 26.3 Å². The molecular weight excluding hydrogens is 361 g/mol. The van der Waals surface area contributed by atoms with E-state index in [-0.39, 0.29) is 24.0 Å². The second-order valence-corrected chi connectivity index (χ2v) is 2.65. The Morgan fingerprint density at radius 3 is 1.87 bits per heavy atom. The molecule has 0 rings (SSSR count). The molecule has 0 atom stereocenters. The van der Waals surface area contributed by atoms with Crippen LogP contribution in [0.5, 0.6) is 0 Å². The van der Waals surface area contributed by atoms with Gasteiger partial charge < -0.3 is 5.32 Å². The first-order chi connectivity index (χ1) is 6.10. The van der Waals surface area contributed by atoms with Crippen molar-refractivity contribution in [3.05, 3.63) is 0 Å². The number of nitrogens with zero attached hydrogens (tertiary/aromatic N) is 1. The molecule has 0 fully saturated rings. The molecule has 10 heteroatoms. The monoisotopic (exact) mass is 368 g/mol. The van der Waals surface area contributed by atoms with Crippen molar-refractivity contribution in [3.63, 3.8) is 0 Å². The number of nitrogens with one attached hydrogen (secondary N) is 1. The van der Waals surface area contributed by atoms with Crippen LogP contribution in [0.25, 0.3) is 0 Å². The summed E-state index contributed by atoms with van der Waals surface area (Å²) >= 11 is 3.29. The van der Waals surface area contributed by atoms with E-state index in [0.717, 1.165) is 0 Å². The molecule has 0 aromatic rings. The van der Waals surface area contributed by atoms with Crippen molar-refractivity contribution in [2.24, 2.45) is 4.99 Å². The van der Waals surface area contributed by atoms with E-state index in [1.165, 1.54) is 0 Å². The van der Waals surface area contributed by atoms with E-state index < -0.39 is 30.6 Å². The summed E-state index contributed by atoms with van der Waals surface area (Å²) in [6.45, 7) is -3.02. The zero-order valence-corrected chi connectivity index (χ0v) is 10.2. The van der Waals surface area contributed by atoms with Gasteiger partial charge in [0.1, 0.15) is 13.1 Å². The van der Waals surface area contributed by atoms with Crippen molar-refractivity contribution in [2.75, 3.05) is 13.1 Å². The molecule has 0 radical (unpaired) electrons. The normalized spacial score (nSPS) is 13.4. The number of aliphatic imine (C=N–C) groups is 1. The van der Waals surface area contributed by atoms with Crippen LogP contribution in [0.2, 0.25) is 0 Å². The summed E-state index contributed by atoms with van der Waals surface area (Å²) in [5.41, 5.74) is 0. The number of rotatable bonds is 2. The molecule has 0 saturated heterocycles. The summed E-state index contributed by atoms with van der Waals surface area (Å²) in [5, 5.41) is 0.890. The number of alkyl halides is 6. The van der Waals surface area contributed by atoms with Crippen molar-refractivity contribution < 1.29 is 26.3 Å². The zero-order valence-electron chi connectivity index (χ0n) is 6.98. The predicted molar refractivity (Wildman–Crippen MR) is 56.8 cm³/mol. The van der Waals surface area contributed by atoms with Crippen molar-refractivity contribution in [2.45, 2.75) is 12.4 Å². The van der Waals surface area contributed by atoms with Gasteiger partial charge in [-0.05, 0) is 0 Å². The summed E-state index contributed by atoms with van der Waals surface area (Å²) in [5.74, 6) is 0. The van der Waals surface area contributed by atoms with Gasteiger partial charge in [-0.2, -0.15) is 26.3 Å². The fourth-order valence-corrected chi connectivity index (χ4v) is 0.549. The van der Waals surface area contributed by atoms with Crippen LogP contribution in [0, 0.1) is 0 Å². The van der Waals surface area contributed by atoms with E-state index in [1.54, 1.807) is 5.32 Å². The van der Waals surface area contributed by atoms with Gasteiger partial charge in [0.15, 0.2) is 5.17 Å². The van der Waals surface area contributed by atoms with Crippen LogP contribution >= 0.6 is 36.6 Å². The van der Waals surface area contributed by atoms with Crippen molar-refractivity contribution in [1.82, 2.24) is 5.32 Å². The van der Waals surface area contributed by atoms with Crippen molar-refractivity contribution in [1.29, 1.82) is 0 Å². The summed E-state index contributed by atoms with van der Waals surface area (Å²) in [6.07, 6.45) is -9.06. The van der Waals surface area contributed by atoms with E-state index in [2.05, 4.69) is 17.6 Å². The average Bonchev–Trinajstić information content (AvgIpc) is 1.94. The number of hydrogen-bond donors (Lipinski definition) is 2. The van der Waals surface area contributed by atoms with Crippen LogP contribution in [0.3, 0.4) is 0 Å². The number of amidine groups is 1. The minimum Gasteiger partial charge on any atom is -0.356 e. The third-order valence-electron chi connectivity index (χ3n) is 0.855. The highest BCUT2D eigenvalue weighted by molar-refractivity contribution is 14.0. The summed E-state index contributed by atoms with van der Waals surface area (Å²) in [6, 6.07) is 0. The van der Waals surface area contributed by atoms with Crippen molar-refractivity contribution in [3.8, 4) is 0 Å². The van der Waals surface area contributed by atoms with Crippen LogP contribution < -0.4 is 5.32 Å². The van der Waals surface area contributed by atoms with Gasteiger partial charge in [0.05, 0.1) is 0 Å². The smallest absolute Gasteiger partial charge is 0.356 e. The van der Waals surface area contributed by atoms with Crippen LogP contribution in [-0.4, -0.2) is 30.6 Å². The molecule has 0 aromatic heterocycles. The molecule has 0 aliphatic heterocycles. The van der Waals surface area contributed by atoms with Crippen LogP contribution in [0.1, 0.15) is 0 Å². The minimum atomic E-state index is -4.55. The lowest BCUT2D eigenvalue weighted by atomic mass is 10.6. The number of hydrogen-bond acceptors (Lipinski definition) is 1. The third kappa shape index (κ3) is 14.1. The maximum absolute atomic E-state index is 11.5. The van der Waals surface area contributed by atoms with E-state index in [4.69, 9.17) is 0 Å². The van der Waals surface area contributed by atoms with E-state index in [9.17, 15) is 26.3 Å². The number of thiol groups is 1. The van der Waals surface area contributed by atoms with E-state index in [1.807, 2.05) is 0 Å². The molecule has 0 aromatic carbocycles. The Bertz CT molecular complexity index is 213. The maximum Gasteiger partial charge on any atom is 0.408 e.